The SMILES string of the molecule is [2H]C([2H])([2H])c1ccc2c(ccc3c2ccc2c4ccc(C)c(C(C)(C)C)c4oc23)c1. The van der Waals surface area contributed by atoms with Gasteiger partial charge >= 0.3 is 0 Å². The Morgan fingerprint density at radius 1 is 0.741 bits per heavy atom. The molecule has 0 radical (unpaired) electrons. The standard InChI is InChI=1S/C26H24O/c1-15-6-9-18-17(14-15)8-11-20-19(18)12-13-21-22-10-7-16(2)23(26(3,4)5)25(22)27-24(20)21/h6-14H,1-5H3/i1D3. The van der Waals surface area contributed by atoms with E-state index in [1.54, 1.807) is 12.1 Å². The average molecular weight is 355 g/mol. The third kappa shape index (κ3) is 2.31. The fourth-order valence-electron chi connectivity index (χ4n) is 4.47. The molecule has 5 rings (SSSR count). The van der Waals surface area contributed by atoms with Gasteiger partial charge in [-0.05, 0) is 53.0 Å². The van der Waals surface area contributed by atoms with Crippen molar-refractivity contribution in [1.82, 2.24) is 0 Å². The van der Waals surface area contributed by atoms with E-state index in [1.807, 2.05) is 12.1 Å². The smallest absolute Gasteiger partial charge is 0.143 e. The zero-order valence-corrected chi connectivity index (χ0v) is 16.1. The summed E-state index contributed by atoms with van der Waals surface area (Å²) in [5.41, 5.74) is 4.67. The largest absolute Gasteiger partial charge is 0.455 e. The Kier molecular flexibility index (Phi) is 2.65. The lowest BCUT2D eigenvalue weighted by Crippen LogP contribution is -2.13. The Morgan fingerprint density at radius 2 is 1.37 bits per heavy atom. The molecule has 27 heavy (non-hydrogen) atoms. The number of fused-ring (bicyclic) bond motifs is 7. The van der Waals surface area contributed by atoms with Crippen LogP contribution in [0.5, 0.6) is 0 Å². The number of benzene rings is 4. The Bertz CT molecular complexity index is 1460. The second kappa shape index (κ2) is 5.36. The molecule has 0 amide bonds. The van der Waals surface area contributed by atoms with Gasteiger partial charge in [0.25, 0.3) is 0 Å². The molecule has 0 spiro atoms. The summed E-state index contributed by atoms with van der Waals surface area (Å²) in [6, 6.07) is 18.0. The van der Waals surface area contributed by atoms with Crippen molar-refractivity contribution in [3.05, 3.63) is 71.3 Å². The first-order valence-corrected chi connectivity index (χ1v) is 9.38. The van der Waals surface area contributed by atoms with Crippen LogP contribution in [0.4, 0.5) is 0 Å². The van der Waals surface area contributed by atoms with Crippen LogP contribution < -0.4 is 0 Å². The zero-order chi connectivity index (χ0) is 21.4. The molecule has 0 atom stereocenters. The summed E-state index contributed by atoms with van der Waals surface area (Å²) in [5, 5.41) is 6.34. The zero-order valence-electron chi connectivity index (χ0n) is 19.1. The molecule has 0 bridgehead atoms. The van der Waals surface area contributed by atoms with Crippen LogP contribution in [0.25, 0.3) is 43.5 Å². The van der Waals surface area contributed by atoms with Crippen LogP contribution in [0.2, 0.25) is 0 Å². The molecule has 0 saturated carbocycles. The first kappa shape index (κ1) is 13.4. The van der Waals surface area contributed by atoms with Gasteiger partial charge in [0.1, 0.15) is 11.2 Å². The van der Waals surface area contributed by atoms with Gasteiger partial charge in [0.2, 0.25) is 0 Å². The van der Waals surface area contributed by atoms with Gasteiger partial charge in [0.15, 0.2) is 0 Å². The number of aryl methyl sites for hydroxylation is 2. The second-order valence-electron chi connectivity index (χ2n) is 8.53. The van der Waals surface area contributed by atoms with Gasteiger partial charge < -0.3 is 4.42 Å². The number of hydrogen-bond acceptors (Lipinski definition) is 1. The molecule has 1 nitrogen and oxygen atoms in total. The molecule has 1 heteroatoms. The average Bonchev–Trinajstić information content (AvgIpc) is 3.03. The van der Waals surface area contributed by atoms with Gasteiger partial charge in [-0.2, -0.15) is 0 Å². The number of hydrogen-bond donors (Lipinski definition) is 0. The Hall–Kier alpha value is -2.80. The van der Waals surface area contributed by atoms with E-state index < -0.39 is 6.85 Å². The summed E-state index contributed by atoms with van der Waals surface area (Å²) in [7, 11) is 0. The van der Waals surface area contributed by atoms with Crippen LogP contribution in [0.3, 0.4) is 0 Å². The van der Waals surface area contributed by atoms with Crippen molar-refractivity contribution in [3.63, 3.8) is 0 Å². The predicted octanol–water partition coefficient (Wildman–Crippen LogP) is 7.81. The Labute approximate surface area is 163 Å². The second-order valence-corrected chi connectivity index (χ2v) is 8.53. The minimum atomic E-state index is -2.10. The molecule has 0 aliphatic heterocycles. The fraction of sp³-hybridized carbons (Fsp3) is 0.231. The van der Waals surface area contributed by atoms with Crippen molar-refractivity contribution >= 4 is 43.5 Å². The van der Waals surface area contributed by atoms with Crippen LogP contribution in [-0.2, 0) is 5.41 Å². The molecule has 1 heterocycles. The van der Waals surface area contributed by atoms with Crippen molar-refractivity contribution in [1.29, 1.82) is 0 Å². The topological polar surface area (TPSA) is 13.1 Å². The maximum absolute atomic E-state index is 7.69. The van der Waals surface area contributed by atoms with Crippen molar-refractivity contribution < 1.29 is 8.53 Å². The van der Waals surface area contributed by atoms with E-state index in [2.05, 4.69) is 58.0 Å². The highest BCUT2D eigenvalue weighted by Crippen LogP contribution is 2.41. The summed E-state index contributed by atoms with van der Waals surface area (Å²) >= 11 is 0. The molecule has 0 aliphatic rings. The molecule has 0 fully saturated rings. The van der Waals surface area contributed by atoms with Gasteiger partial charge in [-0.15, -0.1) is 0 Å². The van der Waals surface area contributed by atoms with E-state index in [9.17, 15) is 0 Å². The lowest BCUT2D eigenvalue weighted by molar-refractivity contribution is 0.570. The highest BCUT2D eigenvalue weighted by Gasteiger charge is 2.23. The molecular weight excluding hydrogens is 328 g/mol. The number of rotatable bonds is 0. The van der Waals surface area contributed by atoms with Gasteiger partial charge in [-0.25, -0.2) is 0 Å². The maximum atomic E-state index is 7.69. The third-order valence-electron chi connectivity index (χ3n) is 5.58. The molecule has 0 saturated heterocycles. The maximum Gasteiger partial charge on any atom is 0.143 e. The van der Waals surface area contributed by atoms with E-state index in [0.717, 1.165) is 43.5 Å². The molecule has 5 aromatic rings. The molecule has 0 aliphatic carbocycles. The Balaban J connectivity index is 1.87. The normalized spacial score (nSPS) is 14.7. The molecule has 4 aromatic carbocycles. The van der Waals surface area contributed by atoms with Crippen LogP contribution in [0.1, 0.15) is 41.6 Å². The van der Waals surface area contributed by atoms with Crippen LogP contribution in [0, 0.1) is 13.8 Å². The summed E-state index contributed by atoms with van der Waals surface area (Å²) in [6.45, 7) is 6.69. The van der Waals surface area contributed by atoms with E-state index in [4.69, 9.17) is 8.53 Å². The van der Waals surface area contributed by atoms with Gasteiger partial charge in [0.05, 0.1) is 0 Å². The highest BCUT2D eigenvalue weighted by molar-refractivity contribution is 6.20. The molecule has 134 valence electrons. The van der Waals surface area contributed by atoms with E-state index in [-0.39, 0.29) is 5.41 Å². The van der Waals surface area contributed by atoms with E-state index in [1.165, 1.54) is 11.1 Å². The first-order valence-electron chi connectivity index (χ1n) is 10.9. The van der Waals surface area contributed by atoms with Gasteiger partial charge in [-0.3, -0.25) is 0 Å². The number of furan rings is 1. The quantitative estimate of drug-likeness (QED) is 0.258. The van der Waals surface area contributed by atoms with E-state index in [0.29, 0.717) is 5.56 Å². The lowest BCUT2D eigenvalue weighted by Gasteiger charge is -2.21. The van der Waals surface area contributed by atoms with Crippen LogP contribution in [0.15, 0.2) is 59.0 Å². The van der Waals surface area contributed by atoms with E-state index >= 15 is 0 Å². The molecule has 1 aromatic heterocycles. The minimum absolute atomic E-state index is 0.0222. The molecule has 0 unspecified atom stereocenters. The predicted molar refractivity (Wildman–Crippen MR) is 117 cm³/mol. The summed E-state index contributed by atoms with van der Waals surface area (Å²) in [6.07, 6.45) is 0. The lowest BCUT2D eigenvalue weighted by atomic mass is 9.83. The van der Waals surface area contributed by atoms with Crippen molar-refractivity contribution in [2.24, 2.45) is 0 Å². The fourth-order valence-corrected chi connectivity index (χ4v) is 4.47. The monoisotopic (exact) mass is 355 g/mol. The molecule has 0 N–H and O–H groups in total. The van der Waals surface area contributed by atoms with Gasteiger partial charge in [-0.1, -0.05) is 68.8 Å². The summed E-state index contributed by atoms with van der Waals surface area (Å²) < 4.78 is 29.6. The Morgan fingerprint density at radius 3 is 2.15 bits per heavy atom. The minimum Gasteiger partial charge on any atom is -0.455 e. The van der Waals surface area contributed by atoms with Crippen molar-refractivity contribution in [3.8, 4) is 0 Å². The first-order chi connectivity index (χ1) is 14.1. The molecular formula is C26H24O. The highest BCUT2D eigenvalue weighted by atomic mass is 16.3. The van der Waals surface area contributed by atoms with Crippen LogP contribution >= 0.6 is 0 Å². The summed E-state index contributed by atoms with van der Waals surface area (Å²) in [4.78, 5) is 0. The van der Waals surface area contributed by atoms with Crippen molar-refractivity contribution in [2.45, 2.75) is 40.0 Å². The van der Waals surface area contributed by atoms with Gasteiger partial charge in [0, 0.05) is 25.8 Å². The van der Waals surface area contributed by atoms with Crippen molar-refractivity contribution in [2.75, 3.05) is 0 Å². The van der Waals surface area contributed by atoms with Crippen LogP contribution in [-0.4, -0.2) is 0 Å². The summed E-state index contributed by atoms with van der Waals surface area (Å²) in [5.74, 6) is 0. The third-order valence-corrected chi connectivity index (χ3v) is 5.58.